The molecule has 2 nitrogen and oxygen atoms in total. The number of para-hydroxylation sites is 1. The number of phenolic OH excluding ortho intramolecular Hbond substituents is 1. The summed E-state index contributed by atoms with van der Waals surface area (Å²) in [6.07, 6.45) is 0. The fourth-order valence-corrected chi connectivity index (χ4v) is 3.66. The van der Waals surface area contributed by atoms with Gasteiger partial charge in [-0.3, -0.25) is 0 Å². The summed E-state index contributed by atoms with van der Waals surface area (Å²) in [5.41, 5.74) is 7.47. The highest BCUT2D eigenvalue weighted by atomic mass is 16.3. The van der Waals surface area contributed by atoms with Gasteiger partial charge in [0, 0.05) is 22.9 Å². The Hall–Kier alpha value is -3.52. The number of hydrogen-bond acceptors (Lipinski definition) is 2. The maximum absolute atomic E-state index is 10.4. The van der Waals surface area contributed by atoms with Gasteiger partial charge in [-0.15, -0.1) is 0 Å². The smallest absolute Gasteiger partial charge is 0.117 e. The topological polar surface area (TPSA) is 32.3 Å². The molecule has 0 radical (unpaired) electrons. The minimum atomic E-state index is -0.0591. The van der Waals surface area contributed by atoms with E-state index in [2.05, 4.69) is 98.9 Å². The molecule has 4 rings (SSSR count). The molecule has 0 fully saturated rings. The predicted octanol–water partition coefficient (Wildman–Crippen LogP) is 7.77. The SMILES string of the molecule is CC(C)(C)c1cc(O)cc(Nc2c(-c3ccccc3)cccc2-c2ccccc2)c1. The third-order valence-electron chi connectivity index (χ3n) is 5.29. The number of hydrogen-bond donors (Lipinski definition) is 2. The minimum Gasteiger partial charge on any atom is -0.508 e. The molecule has 0 amide bonds. The molecule has 0 saturated carbocycles. The van der Waals surface area contributed by atoms with Crippen LogP contribution in [0.5, 0.6) is 5.75 Å². The van der Waals surface area contributed by atoms with E-state index in [1.165, 1.54) is 0 Å². The number of anilines is 2. The highest BCUT2D eigenvalue weighted by Gasteiger charge is 2.17. The van der Waals surface area contributed by atoms with Crippen LogP contribution in [0.4, 0.5) is 11.4 Å². The van der Waals surface area contributed by atoms with Gasteiger partial charge in [0.15, 0.2) is 0 Å². The first-order valence-electron chi connectivity index (χ1n) is 10.3. The van der Waals surface area contributed by atoms with Crippen LogP contribution in [0, 0.1) is 0 Å². The fourth-order valence-electron chi connectivity index (χ4n) is 3.66. The first-order valence-corrected chi connectivity index (χ1v) is 10.3. The zero-order chi connectivity index (χ0) is 21.1. The van der Waals surface area contributed by atoms with Crippen molar-refractivity contribution in [1.29, 1.82) is 0 Å². The Bertz CT molecular complexity index is 1080. The first-order chi connectivity index (χ1) is 14.4. The lowest BCUT2D eigenvalue weighted by molar-refractivity contribution is 0.471. The van der Waals surface area contributed by atoms with Crippen LogP contribution in [0.1, 0.15) is 26.3 Å². The molecule has 150 valence electrons. The highest BCUT2D eigenvalue weighted by Crippen LogP contribution is 2.40. The van der Waals surface area contributed by atoms with E-state index in [0.717, 1.165) is 39.2 Å². The largest absolute Gasteiger partial charge is 0.508 e. The van der Waals surface area contributed by atoms with Crippen molar-refractivity contribution in [3.05, 3.63) is 103 Å². The summed E-state index contributed by atoms with van der Waals surface area (Å²) in [5, 5.41) is 14.0. The van der Waals surface area contributed by atoms with Crippen LogP contribution in [0.2, 0.25) is 0 Å². The van der Waals surface area contributed by atoms with Crippen LogP contribution in [-0.4, -0.2) is 5.11 Å². The summed E-state index contributed by atoms with van der Waals surface area (Å²) in [6.45, 7) is 6.45. The van der Waals surface area contributed by atoms with Crippen LogP contribution in [0.25, 0.3) is 22.3 Å². The quantitative estimate of drug-likeness (QED) is 0.371. The second kappa shape index (κ2) is 8.08. The molecule has 0 saturated heterocycles. The molecule has 0 aliphatic heterocycles. The van der Waals surface area contributed by atoms with Gasteiger partial charge in [-0.05, 0) is 34.2 Å². The lowest BCUT2D eigenvalue weighted by atomic mass is 9.86. The number of rotatable bonds is 4. The van der Waals surface area contributed by atoms with E-state index in [1.54, 1.807) is 6.07 Å². The van der Waals surface area contributed by atoms with Crippen molar-refractivity contribution in [1.82, 2.24) is 0 Å². The maximum atomic E-state index is 10.4. The Labute approximate surface area is 178 Å². The van der Waals surface area contributed by atoms with E-state index in [1.807, 2.05) is 18.2 Å². The van der Waals surface area contributed by atoms with Crippen LogP contribution in [-0.2, 0) is 5.41 Å². The molecule has 0 bridgehead atoms. The molecule has 30 heavy (non-hydrogen) atoms. The molecule has 0 heterocycles. The Balaban J connectivity index is 1.89. The predicted molar refractivity (Wildman–Crippen MR) is 127 cm³/mol. The molecule has 0 atom stereocenters. The molecule has 0 aliphatic carbocycles. The van der Waals surface area contributed by atoms with Crippen LogP contribution >= 0.6 is 0 Å². The van der Waals surface area contributed by atoms with Gasteiger partial charge < -0.3 is 10.4 Å². The second-order valence-corrected chi connectivity index (χ2v) is 8.60. The standard InChI is InChI=1S/C28H27NO/c1-28(2,3)22-17-23(19-24(30)18-22)29-27-25(20-11-6-4-7-12-20)15-10-16-26(27)21-13-8-5-9-14-21/h4-19,29-30H,1-3H3. The monoisotopic (exact) mass is 393 g/mol. The first kappa shape index (κ1) is 19.8. The fraction of sp³-hybridized carbons (Fsp3) is 0.143. The summed E-state index contributed by atoms with van der Waals surface area (Å²) in [7, 11) is 0. The van der Waals surface area contributed by atoms with Crippen molar-refractivity contribution in [2.24, 2.45) is 0 Å². The molecular weight excluding hydrogens is 366 g/mol. The van der Waals surface area contributed by atoms with Gasteiger partial charge in [0.25, 0.3) is 0 Å². The van der Waals surface area contributed by atoms with Crippen molar-refractivity contribution in [2.45, 2.75) is 26.2 Å². The molecule has 2 heteroatoms. The third-order valence-corrected chi connectivity index (χ3v) is 5.29. The Morgan fingerprint density at radius 1 is 0.633 bits per heavy atom. The number of phenols is 1. The van der Waals surface area contributed by atoms with Gasteiger partial charge in [-0.1, -0.05) is 99.6 Å². The second-order valence-electron chi connectivity index (χ2n) is 8.60. The average Bonchev–Trinajstić information content (AvgIpc) is 2.74. The average molecular weight is 394 g/mol. The summed E-state index contributed by atoms with van der Waals surface area (Å²) in [5.74, 6) is 0.267. The highest BCUT2D eigenvalue weighted by molar-refractivity contribution is 5.92. The van der Waals surface area contributed by atoms with Crippen LogP contribution in [0.3, 0.4) is 0 Å². The van der Waals surface area contributed by atoms with Gasteiger partial charge in [0.05, 0.1) is 5.69 Å². The molecule has 0 aromatic heterocycles. The van der Waals surface area contributed by atoms with E-state index in [-0.39, 0.29) is 11.2 Å². The van der Waals surface area contributed by atoms with E-state index < -0.39 is 0 Å². The van der Waals surface area contributed by atoms with E-state index in [4.69, 9.17) is 0 Å². The van der Waals surface area contributed by atoms with Crippen molar-refractivity contribution in [3.63, 3.8) is 0 Å². The summed E-state index contributed by atoms with van der Waals surface area (Å²) in [4.78, 5) is 0. The molecular formula is C28H27NO. The molecule has 0 unspecified atom stereocenters. The molecule has 4 aromatic rings. The zero-order valence-electron chi connectivity index (χ0n) is 17.7. The summed E-state index contributed by atoms with van der Waals surface area (Å²) >= 11 is 0. The lowest BCUT2D eigenvalue weighted by Gasteiger charge is -2.22. The third kappa shape index (κ3) is 4.23. The molecule has 2 N–H and O–H groups in total. The van der Waals surface area contributed by atoms with Crippen molar-refractivity contribution < 1.29 is 5.11 Å². The number of nitrogens with one attached hydrogen (secondary N) is 1. The number of aromatic hydroxyl groups is 1. The van der Waals surface area contributed by atoms with Gasteiger partial charge in [-0.25, -0.2) is 0 Å². The van der Waals surface area contributed by atoms with Crippen molar-refractivity contribution in [3.8, 4) is 28.0 Å². The van der Waals surface area contributed by atoms with Crippen LogP contribution < -0.4 is 5.32 Å². The molecule has 0 aliphatic rings. The van der Waals surface area contributed by atoms with Crippen LogP contribution in [0.15, 0.2) is 97.1 Å². The van der Waals surface area contributed by atoms with Gasteiger partial charge >= 0.3 is 0 Å². The minimum absolute atomic E-state index is 0.0591. The van der Waals surface area contributed by atoms with Crippen molar-refractivity contribution in [2.75, 3.05) is 5.32 Å². The normalized spacial score (nSPS) is 11.3. The van der Waals surface area contributed by atoms with E-state index in [9.17, 15) is 5.11 Å². The summed E-state index contributed by atoms with van der Waals surface area (Å²) in [6, 6.07) is 32.9. The number of benzene rings is 4. The summed E-state index contributed by atoms with van der Waals surface area (Å²) < 4.78 is 0. The molecule has 4 aromatic carbocycles. The van der Waals surface area contributed by atoms with Gasteiger partial charge in [0.2, 0.25) is 0 Å². The van der Waals surface area contributed by atoms with Gasteiger partial charge in [0.1, 0.15) is 5.75 Å². The maximum Gasteiger partial charge on any atom is 0.117 e. The lowest BCUT2D eigenvalue weighted by Crippen LogP contribution is -2.11. The Morgan fingerprint density at radius 2 is 1.17 bits per heavy atom. The van der Waals surface area contributed by atoms with Gasteiger partial charge in [-0.2, -0.15) is 0 Å². The zero-order valence-corrected chi connectivity index (χ0v) is 17.7. The Kier molecular flexibility index (Phi) is 5.33. The van der Waals surface area contributed by atoms with Crippen molar-refractivity contribution >= 4 is 11.4 Å². The van der Waals surface area contributed by atoms with E-state index in [0.29, 0.717) is 0 Å². The van der Waals surface area contributed by atoms with E-state index >= 15 is 0 Å². The Morgan fingerprint density at radius 3 is 1.67 bits per heavy atom. The molecule has 0 spiro atoms.